The summed E-state index contributed by atoms with van der Waals surface area (Å²) in [4.78, 5) is 50.0. The number of aryl methyl sites for hydroxylation is 2. The molecule has 0 aliphatic carbocycles. The van der Waals surface area contributed by atoms with Gasteiger partial charge in [-0.1, -0.05) is 25.5 Å². The van der Waals surface area contributed by atoms with Gasteiger partial charge in [0.15, 0.2) is 5.82 Å². The van der Waals surface area contributed by atoms with E-state index in [9.17, 15) is 19.5 Å². The van der Waals surface area contributed by atoms with Gasteiger partial charge in [0.05, 0.1) is 23.1 Å². The number of aromatic nitrogens is 3. The molecule has 0 saturated carbocycles. The van der Waals surface area contributed by atoms with Gasteiger partial charge in [0.2, 0.25) is 0 Å². The lowest BCUT2D eigenvalue weighted by atomic mass is 10.0. The molecule has 1 saturated heterocycles. The van der Waals surface area contributed by atoms with Crippen molar-refractivity contribution in [3.05, 3.63) is 99.7 Å². The number of amides is 2. The molecule has 0 atom stereocenters. The normalized spacial score (nSPS) is 13.5. The minimum absolute atomic E-state index is 0.0809. The summed E-state index contributed by atoms with van der Waals surface area (Å²) in [6, 6.07) is 16.1. The predicted molar refractivity (Wildman–Crippen MR) is 171 cm³/mol. The number of unbranched alkanes of at least 4 members (excludes halogenated alkanes) is 1. The van der Waals surface area contributed by atoms with Crippen LogP contribution in [-0.2, 0) is 13.5 Å². The second kappa shape index (κ2) is 13.6. The summed E-state index contributed by atoms with van der Waals surface area (Å²) in [5, 5.41) is 15.9. The first kappa shape index (κ1) is 30.6. The highest BCUT2D eigenvalue weighted by Gasteiger charge is 2.22. The van der Waals surface area contributed by atoms with E-state index in [0.29, 0.717) is 54.1 Å². The smallest absolute Gasteiger partial charge is 0.293 e. The first-order valence-electron chi connectivity index (χ1n) is 15.0. The largest absolute Gasteiger partial charge is 0.393 e. The molecule has 1 fully saturated rings. The molecule has 10 heteroatoms. The van der Waals surface area contributed by atoms with Gasteiger partial charge in [-0.05, 0) is 80.6 Å². The number of carbonyl (C=O) groups is 2. The average Bonchev–Trinajstić information content (AvgIpc) is 3.03. The molecule has 0 unspecified atom stereocenters. The quantitative estimate of drug-likeness (QED) is 0.246. The Morgan fingerprint density at radius 2 is 1.80 bits per heavy atom. The first-order chi connectivity index (χ1) is 21.2. The Morgan fingerprint density at radius 3 is 2.52 bits per heavy atom. The van der Waals surface area contributed by atoms with Crippen molar-refractivity contribution in [2.75, 3.05) is 23.7 Å². The van der Waals surface area contributed by atoms with Crippen LogP contribution >= 0.6 is 0 Å². The fraction of sp³-hybridized carbons (Fsp3) is 0.324. The van der Waals surface area contributed by atoms with E-state index in [-0.39, 0.29) is 29.3 Å². The molecule has 2 amide bonds. The van der Waals surface area contributed by atoms with E-state index in [1.165, 1.54) is 4.57 Å². The van der Waals surface area contributed by atoms with Crippen LogP contribution in [0.5, 0.6) is 0 Å². The van der Waals surface area contributed by atoms with Crippen LogP contribution in [0.4, 0.5) is 17.2 Å². The molecule has 44 heavy (non-hydrogen) atoms. The third kappa shape index (κ3) is 6.86. The second-order valence-electron chi connectivity index (χ2n) is 11.2. The lowest BCUT2D eigenvalue weighted by Gasteiger charge is -2.29. The highest BCUT2D eigenvalue weighted by Crippen LogP contribution is 2.28. The number of hydrogen-bond donors (Lipinski definition) is 3. The molecule has 3 N–H and O–H groups in total. The number of aliphatic hydroxyl groups is 1. The summed E-state index contributed by atoms with van der Waals surface area (Å²) in [6.45, 7) is 5.07. The number of piperidine rings is 1. The van der Waals surface area contributed by atoms with Crippen LogP contribution in [0.1, 0.15) is 64.6 Å². The topological polar surface area (TPSA) is 129 Å². The van der Waals surface area contributed by atoms with E-state index in [1.807, 2.05) is 25.1 Å². The summed E-state index contributed by atoms with van der Waals surface area (Å²) in [7, 11) is 1.66. The summed E-state index contributed by atoms with van der Waals surface area (Å²) in [5.41, 5.74) is 4.97. The van der Waals surface area contributed by atoms with Gasteiger partial charge < -0.3 is 25.2 Å². The standard InChI is InChI=1S/C34H38N6O4/c1-4-5-10-29-27(9-7-18-35-29)32(42)38-28-11-6-8-26(22(28)2)30-21-39(3)34(44)31(37-30)36-24-14-12-23(13-15-24)33(43)40-19-16-25(41)17-20-40/h6-9,11-15,18,21,25,41H,4-5,10,16-17,19-20H2,1-3H3,(H,36,37)(H,38,42). The maximum absolute atomic E-state index is 13.3. The zero-order valence-corrected chi connectivity index (χ0v) is 25.3. The Hall–Kier alpha value is -4.83. The summed E-state index contributed by atoms with van der Waals surface area (Å²) in [6.07, 6.45) is 6.89. The number of carbonyl (C=O) groups excluding carboxylic acids is 2. The van der Waals surface area contributed by atoms with Crippen LogP contribution in [0.3, 0.4) is 0 Å². The van der Waals surface area contributed by atoms with Crippen molar-refractivity contribution >= 4 is 29.0 Å². The molecule has 5 rings (SSSR count). The fourth-order valence-corrected chi connectivity index (χ4v) is 5.33. The molecule has 228 valence electrons. The number of pyridine rings is 1. The number of hydrogen-bond acceptors (Lipinski definition) is 7. The SMILES string of the molecule is CCCCc1ncccc1C(=O)Nc1cccc(-c2cn(C)c(=O)c(Nc3ccc(C(=O)N4CCC(O)CC4)cc3)n2)c1C. The Kier molecular flexibility index (Phi) is 9.50. The molecule has 10 nitrogen and oxygen atoms in total. The Labute approximate surface area is 256 Å². The van der Waals surface area contributed by atoms with Crippen molar-refractivity contribution in [1.82, 2.24) is 19.4 Å². The maximum Gasteiger partial charge on any atom is 0.293 e. The van der Waals surface area contributed by atoms with Gasteiger partial charge in [-0.2, -0.15) is 0 Å². The summed E-state index contributed by atoms with van der Waals surface area (Å²) in [5.74, 6) is -0.165. The molecule has 0 radical (unpaired) electrons. The van der Waals surface area contributed by atoms with Gasteiger partial charge in [0.25, 0.3) is 17.4 Å². The number of likely N-dealkylation sites (tertiary alicyclic amines) is 1. The summed E-state index contributed by atoms with van der Waals surface area (Å²) >= 11 is 0. The number of nitrogens with one attached hydrogen (secondary N) is 2. The van der Waals surface area contributed by atoms with Crippen molar-refractivity contribution in [2.24, 2.45) is 7.05 Å². The Balaban J connectivity index is 1.36. The molecule has 0 bridgehead atoms. The molecular weight excluding hydrogens is 556 g/mol. The van der Waals surface area contributed by atoms with Crippen LogP contribution in [0.25, 0.3) is 11.3 Å². The molecule has 1 aliphatic rings. The predicted octanol–water partition coefficient (Wildman–Crippen LogP) is 5.09. The van der Waals surface area contributed by atoms with Crippen molar-refractivity contribution in [3.8, 4) is 11.3 Å². The molecular formula is C34H38N6O4. The molecule has 3 heterocycles. The van der Waals surface area contributed by atoms with Gasteiger partial charge in [0, 0.05) is 55.0 Å². The number of rotatable bonds is 9. The van der Waals surface area contributed by atoms with E-state index >= 15 is 0 Å². The molecule has 4 aromatic rings. The first-order valence-corrected chi connectivity index (χ1v) is 15.0. The fourth-order valence-electron chi connectivity index (χ4n) is 5.33. The van der Waals surface area contributed by atoms with E-state index in [4.69, 9.17) is 0 Å². The van der Waals surface area contributed by atoms with E-state index in [1.54, 1.807) is 60.7 Å². The van der Waals surface area contributed by atoms with Gasteiger partial charge in [0.1, 0.15) is 0 Å². The summed E-state index contributed by atoms with van der Waals surface area (Å²) < 4.78 is 1.47. The van der Waals surface area contributed by atoms with Crippen LogP contribution < -0.4 is 16.2 Å². The highest BCUT2D eigenvalue weighted by atomic mass is 16.3. The minimum atomic E-state index is -0.350. The Bertz CT molecular complexity index is 1710. The zero-order chi connectivity index (χ0) is 31.2. The molecule has 2 aromatic heterocycles. The van der Waals surface area contributed by atoms with Gasteiger partial charge in [-0.3, -0.25) is 19.4 Å². The van der Waals surface area contributed by atoms with Gasteiger partial charge >= 0.3 is 0 Å². The number of benzene rings is 2. The van der Waals surface area contributed by atoms with Crippen LogP contribution in [0.2, 0.25) is 0 Å². The Morgan fingerprint density at radius 1 is 1.05 bits per heavy atom. The van der Waals surface area contributed by atoms with Crippen molar-refractivity contribution in [3.63, 3.8) is 0 Å². The lowest BCUT2D eigenvalue weighted by molar-refractivity contribution is 0.0546. The zero-order valence-electron chi connectivity index (χ0n) is 25.3. The van der Waals surface area contributed by atoms with Crippen molar-refractivity contribution in [2.45, 2.75) is 52.1 Å². The molecule has 0 spiro atoms. The van der Waals surface area contributed by atoms with Crippen molar-refractivity contribution in [1.29, 1.82) is 0 Å². The molecule has 1 aliphatic heterocycles. The number of nitrogens with zero attached hydrogens (tertiary/aromatic N) is 4. The van der Waals surface area contributed by atoms with Crippen molar-refractivity contribution < 1.29 is 14.7 Å². The lowest BCUT2D eigenvalue weighted by Crippen LogP contribution is -2.40. The average molecular weight is 595 g/mol. The minimum Gasteiger partial charge on any atom is -0.393 e. The molecule has 2 aromatic carbocycles. The third-order valence-corrected chi connectivity index (χ3v) is 7.98. The van der Waals surface area contributed by atoms with Crippen LogP contribution in [-0.4, -0.2) is 55.5 Å². The van der Waals surface area contributed by atoms with Crippen LogP contribution in [0.15, 0.2) is 71.8 Å². The second-order valence-corrected chi connectivity index (χ2v) is 11.2. The highest BCUT2D eigenvalue weighted by molar-refractivity contribution is 6.05. The van der Waals surface area contributed by atoms with E-state index in [2.05, 4.69) is 27.5 Å². The van der Waals surface area contributed by atoms with Gasteiger partial charge in [-0.25, -0.2) is 4.98 Å². The van der Waals surface area contributed by atoms with E-state index in [0.717, 1.165) is 36.1 Å². The van der Waals surface area contributed by atoms with E-state index < -0.39 is 0 Å². The monoisotopic (exact) mass is 594 g/mol. The number of aliphatic hydroxyl groups excluding tert-OH is 1. The maximum atomic E-state index is 13.3. The third-order valence-electron chi connectivity index (χ3n) is 7.98. The number of anilines is 3. The van der Waals surface area contributed by atoms with Gasteiger partial charge in [-0.15, -0.1) is 0 Å². The van der Waals surface area contributed by atoms with Crippen LogP contribution in [0, 0.1) is 6.92 Å².